The fourth-order valence-corrected chi connectivity index (χ4v) is 1.46. The van der Waals surface area contributed by atoms with Gasteiger partial charge in [0.15, 0.2) is 5.78 Å². The van der Waals surface area contributed by atoms with E-state index >= 15 is 0 Å². The summed E-state index contributed by atoms with van der Waals surface area (Å²) in [4.78, 5) is 11.4. The van der Waals surface area contributed by atoms with Crippen LogP contribution in [0.2, 0.25) is 0 Å². The number of carbonyl (C=O) groups excluding carboxylic acids is 1. The third kappa shape index (κ3) is 3.27. The van der Waals surface area contributed by atoms with Gasteiger partial charge in [0.2, 0.25) is 0 Å². The van der Waals surface area contributed by atoms with Crippen molar-refractivity contribution in [3.63, 3.8) is 0 Å². The predicted molar refractivity (Wildman–Crippen MR) is 55.3 cm³/mol. The Labute approximate surface area is 92.1 Å². The summed E-state index contributed by atoms with van der Waals surface area (Å²) in [5.41, 5.74) is -0.438. The highest BCUT2D eigenvalue weighted by atomic mass is 35.5. The molecule has 1 rings (SSSR count). The summed E-state index contributed by atoms with van der Waals surface area (Å²) < 4.78 is 26.2. The van der Waals surface area contributed by atoms with Crippen molar-refractivity contribution in [2.75, 3.05) is 5.88 Å². The minimum Gasteiger partial charge on any atom is -0.294 e. The molecule has 1 aromatic rings. The molecule has 0 radical (unpaired) electrons. The van der Waals surface area contributed by atoms with Crippen molar-refractivity contribution in [1.82, 2.24) is 0 Å². The molecule has 0 aliphatic carbocycles. The standard InChI is InChI=1S/C11H11ClF2O/c12-7-2-1-6-10(15)11-8(13)4-3-5-9(11)14/h3-5H,1-2,6-7H2. The number of carbonyl (C=O) groups is 1. The van der Waals surface area contributed by atoms with Crippen molar-refractivity contribution in [3.05, 3.63) is 35.4 Å². The van der Waals surface area contributed by atoms with E-state index in [0.717, 1.165) is 12.1 Å². The van der Waals surface area contributed by atoms with Gasteiger partial charge in [-0.1, -0.05) is 6.07 Å². The Hall–Kier alpha value is -0.960. The molecular formula is C11H11ClF2O. The van der Waals surface area contributed by atoms with E-state index in [1.54, 1.807) is 0 Å². The Morgan fingerprint density at radius 2 is 1.80 bits per heavy atom. The van der Waals surface area contributed by atoms with Crippen LogP contribution in [0.3, 0.4) is 0 Å². The lowest BCUT2D eigenvalue weighted by atomic mass is 10.0. The lowest BCUT2D eigenvalue weighted by Crippen LogP contribution is -2.05. The first-order valence-electron chi connectivity index (χ1n) is 4.70. The van der Waals surface area contributed by atoms with Crippen LogP contribution in [0.5, 0.6) is 0 Å². The van der Waals surface area contributed by atoms with Gasteiger partial charge in [0.05, 0.1) is 5.56 Å². The van der Waals surface area contributed by atoms with Crippen LogP contribution in [0, 0.1) is 11.6 Å². The molecule has 0 spiro atoms. The first-order chi connectivity index (χ1) is 7.16. The molecule has 0 saturated heterocycles. The van der Waals surface area contributed by atoms with Crippen LogP contribution in [0.4, 0.5) is 8.78 Å². The molecule has 0 fully saturated rings. The summed E-state index contributed by atoms with van der Waals surface area (Å²) in [6.07, 6.45) is 1.35. The molecule has 0 aromatic heterocycles. The molecule has 0 amide bonds. The van der Waals surface area contributed by atoms with E-state index in [1.165, 1.54) is 6.07 Å². The van der Waals surface area contributed by atoms with Crippen LogP contribution < -0.4 is 0 Å². The van der Waals surface area contributed by atoms with Gasteiger partial charge < -0.3 is 0 Å². The maximum Gasteiger partial charge on any atom is 0.168 e. The zero-order valence-corrected chi connectivity index (χ0v) is 8.86. The van der Waals surface area contributed by atoms with Crippen molar-refractivity contribution in [2.24, 2.45) is 0 Å². The van der Waals surface area contributed by atoms with Crippen molar-refractivity contribution >= 4 is 17.4 Å². The van der Waals surface area contributed by atoms with Gasteiger partial charge in [0.25, 0.3) is 0 Å². The van der Waals surface area contributed by atoms with E-state index in [2.05, 4.69) is 0 Å². The summed E-state index contributed by atoms with van der Waals surface area (Å²) in [5.74, 6) is -1.65. The molecular weight excluding hydrogens is 222 g/mol. The van der Waals surface area contributed by atoms with Gasteiger partial charge in [-0.2, -0.15) is 0 Å². The molecule has 1 aromatic carbocycles. The van der Waals surface area contributed by atoms with E-state index < -0.39 is 23.0 Å². The molecule has 4 heteroatoms. The Kier molecular flexibility index (Phi) is 4.69. The molecule has 0 aliphatic heterocycles. The second-order valence-electron chi connectivity index (χ2n) is 3.17. The Balaban J connectivity index is 2.73. The van der Waals surface area contributed by atoms with E-state index in [4.69, 9.17) is 11.6 Å². The normalized spacial score (nSPS) is 10.3. The molecule has 0 unspecified atom stereocenters. The Bertz CT molecular complexity index is 332. The summed E-state index contributed by atoms with van der Waals surface area (Å²) in [6, 6.07) is 3.40. The largest absolute Gasteiger partial charge is 0.294 e. The third-order valence-corrected chi connectivity index (χ3v) is 2.30. The summed E-state index contributed by atoms with van der Waals surface area (Å²) in [5, 5.41) is 0. The van der Waals surface area contributed by atoms with Crippen molar-refractivity contribution < 1.29 is 13.6 Å². The van der Waals surface area contributed by atoms with Gasteiger partial charge in [0, 0.05) is 12.3 Å². The van der Waals surface area contributed by atoms with Gasteiger partial charge >= 0.3 is 0 Å². The first kappa shape index (κ1) is 12.1. The number of unbranched alkanes of at least 4 members (excludes halogenated alkanes) is 1. The van der Waals surface area contributed by atoms with Crippen LogP contribution in [0.15, 0.2) is 18.2 Å². The fraction of sp³-hybridized carbons (Fsp3) is 0.364. The fourth-order valence-electron chi connectivity index (χ4n) is 1.27. The highest BCUT2D eigenvalue weighted by Gasteiger charge is 2.15. The molecule has 0 N–H and O–H groups in total. The topological polar surface area (TPSA) is 17.1 Å². The maximum atomic E-state index is 13.1. The van der Waals surface area contributed by atoms with Crippen LogP contribution in [0.25, 0.3) is 0 Å². The van der Waals surface area contributed by atoms with Crippen molar-refractivity contribution in [2.45, 2.75) is 19.3 Å². The van der Waals surface area contributed by atoms with E-state index in [-0.39, 0.29) is 6.42 Å². The lowest BCUT2D eigenvalue weighted by molar-refractivity contribution is 0.0971. The molecule has 0 bridgehead atoms. The van der Waals surface area contributed by atoms with Gasteiger partial charge in [0.1, 0.15) is 11.6 Å². The quantitative estimate of drug-likeness (QED) is 0.431. The minimum atomic E-state index is -0.800. The number of alkyl halides is 1. The molecule has 15 heavy (non-hydrogen) atoms. The second kappa shape index (κ2) is 5.81. The smallest absolute Gasteiger partial charge is 0.168 e. The average Bonchev–Trinajstić information content (AvgIpc) is 2.18. The highest BCUT2D eigenvalue weighted by molar-refractivity contribution is 6.17. The molecule has 82 valence electrons. The maximum absolute atomic E-state index is 13.1. The average molecular weight is 233 g/mol. The van der Waals surface area contributed by atoms with Gasteiger partial charge in [-0.05, 0) is 25.0 Å². The molecule has 0 atom stereocenters. The van der Waals surface area contributed by atoms with E-state index in [0.29, 0.717) is 18.7 Å². The highest BCUT2D eigenvalue weighted by Crippen LogP contribution is 2.15. The first-order valence-corrected chi connectivity index (χ1v) is 5.23. The van der Waals surface area contributed by atoms with Crippen molar-refractivity contribution in [1.29, 1.82) is 0 Å². The van der Waals surface area contributed by atoms with Gasteiger partial charge in [-0.3, -0.25) is 4.79 Å². The summed E-state index contributed by atoms with van der Waals surface area (Å²) in [7, 11) is 0. The molecule has 0 aliphatic rings. The van der Waals surface area contributed by atoms with E-state index in [9.17, 15) is 13.6 Å². The Morgan fingerprint density at radius 1 is 1.20 bits per heavy atom. The third-order valence-electron chi connectivity index (χ3n) is 2.03. The number of ketones is 1. The van der Waals surface area contributed by atoms with Gasteiger partial charge in [-0.25, -0.2) is 8.78 Å². The number of rotatable bonds is 5. The lowest BCUT2D eigenvalue weighted by Gasteiger charge is -2.03. The number of halogens is 3. The van der Waals surface area contributed by atoms with Crippen LogP contribution in [-0.4, -0.2) is 11.7 Å². The predicted octanol–water partition coefficient (Wildman–Crippen LogP) is 3.56. The molecule has 0 heterocycles. The van der Waals surface area contributed by atoms with E-state index in [1.807, 2.05) is 0 Å². The summed E-state index contributed by atoms with van der Waals surface area (Å²) >= 11 is 5.43. The van der Waals surface area contributed by atoms with Crippen LogP contribution >= 0.6 is 11.6 Å². The molecule has 0 saturated carbocycles. The SMILES string of the molecule is O=C(CCCCCl)c1c(F)cccc1F. The monoisotopic (exact) mass is 232 g/mol. The van der Waals surface area contributed by atoms with Crippen molar-refractivity contribution in [3.8, 4) is 0 Å². The Morgan fingerprint density at radius 3 is 2.33 bits per heavy atom. The zero-order chi connectivity index (χ0) is 11.3. The number of hydrogen-bond acceptors (Lipinski definition) is 1. The minimum absolute atomic E-state index is 0.130. The molecule has 1 nitrogen and oxygen atoms in total. The number of benzene rings is 1. The summed E-state index contributed by atoms with van der Waals surface area (Å²) in [6.45, 7) is 0. The number of Topliss-reactive ketones (excluding diaryl/α,β-unsaturated/α-hetero) is 1. The zero-order valence-electron chi connectivity index (χ0n) is 8.10. The van der Waals surface area contributed by atoms with Crippen LogP contribution in [-0.2, 0) is 0 Å². The second-order valence-corrected chi connectivity index (χ2v) is 3.54. The van der Waals surface area contributed by atoms with Gasteiger partial charge in [-0.15, -0.1) is 11.6 Å². The van der Waals surface area contributed by atoms with Crippen LogP contribution in [0.1, 0.15) is 29.6 Å². The number of hydrogen-bond donors (Lipinski definition) is 0.